The van der Waals surface area contributed by atoms with Gasteiger partial charge in [-0.05, 0) is 35.8 Å². The molecule has 0 saturated carbocycles. The van der Waals surface area contributed by atoms with Crippen molar-refractivity contribution >= 4 is 34.6 Å². The van der Waals surface area contributed by atoms with Crippen LogP contribution in [0.2, 0.25) is 0 Å². The van der Waals surface area contributed by atoms with Crippen molar-refractivity contribution in [3.8, 4) is 0 Å². The van der Waals surface area contributed by atoms with Crippen LogP contribution in [0.5, 0.6) is 0 Å². The van der Waals surface area contributed by atoms with E-state index < -0.39 is 0 Å². The third-order valence-electron chi connectivity index (χ3n) is 4.44. The first-order chi connectivity index (χ1) is 13.2. The van der Waals surface area contributed by atoms with E-state index in [1.54, 1.807) is 6.07 Å². The zero-order chi connectivity index (χ0) is 18.6. The standard InChI is InChI=1S/C21H19N3O2S/c25-19(22-16-12-14-6-1-2-7-15(14)13-16)10-5-11-27-21-23-18-9-4-3-8-17(18)20(26)24-21/h1-4,6-9,12H,5,10-11,13H2,(H,22,25)(H,23,24,26). The van der Waals surface area contributed by atoms with Crippen molar-refractivity contribution in [2.75, 3.05) is 5.75 Å². The number of benzene rings is 2. The summed E-state index contributed by atoms with van der Waals surface area (Å²) >= 11 is 1.46. The van der Waals surface area contributed by atoms with Crippen LogP contribution in [0.15, 0.2) is 64.2 Å². The lowest BCUT2D eigenvalue weighted by Crippen LogP contribution is -2.22. The molecule has 3 aromatic rings. The number of aromatic amines is 1. The van der Waals surface area contributed by atoms with Gasteiger partial charge in [0, 0.05) is 24.3 Å². The Morgan fingerprint density at radius 1 is 1.15 bits per heavy atom. The van der Waals surface area contributed by atoms with Crippen LogP contribution in [0.4, 0.5) is 0 Å². The molecule has 0 bridgehead atoms. The van der Waals surface area contributed by atoms with E-state index in [1.165, 1.54) is 22.9 Å². The Kier molecular flexibility index (Phi) is 5.07. The minimum atomic E-state index is -0.131. The van der Waals surface area contributed by atoms with Crippen LogP contribution in [0.3, 0.4) is 0 Å². The van der Waals surface area contributed by atoms with Gasteiger partial charge in [0.05, 0.1) is 10.9 Å². The lowest BCUT2D eigenvalue weighted by Gasteiger charge is -2.06. The number of carbonyl (C=O) groups is 1. The third kappa shape index (κ3) is 4.11. The quantitative estimate of drug-likeness (QED) is 0.392. The minimum absolute atomic E-state index is 0.0228. The monoisotopic (exact) mass is 377 g/mol. The largest absolute Gasteiger partial charge is 0.329 e. The first kappa shape index (κ1) is 17.5. The summed E-state index contributed by atoms with van der Waals surface area (Å²) < 4.78 is 0. The van der Waals surface area contributed by atoms with Crippen molar-refractivity contribution in [2.24, 2.45) is 0 Å². The van der Waals surface area contributed by atoms with Gasteiger partial charge in [-0.25, -0.2) is 4.98 Å². The first-order valence-corrected chi connectivity index (χ1v) is 9.88. The van der Waals surface area contributed by atoms with Gasteiger partial charge in [-0.2, -0.15) is 0 Å². The molecule has 0 atom stereocenters. The predicted molar refractivity (Wildman–Crippen MR) is 109 cm³/mol. The van der Waals surface area contributed by atoms with Gasteiger partial charge in [0.15, 0.2) is 5.16 Å². The summed E-state index contributed by atoms with van der Waals surface area (Å²) in [5, 5.41) is 4.18. The lowest BCUT2D eigenvalue weighted by atomic mass is 10.1. The molecule has 1 aliphatic carbocycles. The number of allylic oxidation sites excluding steroid dienone is 1. The number of fused-ring (bicyclic) bond motifs is 2. The predicted octanol–water partition coefficient (Wildman–Crippen LogP) is 3.51. The summed E-state index contributed by atoms with van der Waals surface area (Å²) in [6, 6.07) is 15.4. The van der Waals surface area contributed by atoms with E-state index in [1.807, 2.05) is 36.4 Å². The highest BCUT2D eigenvalue weighted by Crippen LogP contribution is 2.23. The van der Waals surface area contributed by atoms with Crippen molar-refractivity contribution in [3.05, 3.63) is 75.7 Å². The fourth-order valence-corrected chi connectivity index (χ4v) is 3.95. The van der Waals surface area contributed by atoms with Gasteiger partial charge in [0.2, 0.25) is 5.91 Å². The van der Waals surface area contributed by atoms with E-state index in [-0.39, 0.29) is 11.5 Å². The maximum Gasteiger partial charge on any atom is 0.259 e. The average molecular weight is 377 g/mol. The summed E-state index contributed by atoms with van der Waals surface area (Å²) in [4.78, 5) is 31.5. The van der Waals surface area contributed by atoms with Crippen molar-refractivity contribution < 1.29 is 4.79 Å². The Morgan fingerprint density at radius 3 is 2.85 bits per heavy atom. The molecule has 0 aliphatic heterocycles. The van der Waals surface area contributed by atoms with Crippen LogP contribution in [0.1, 0.15) is 24.0 Å². The number of nitrogens with one attached hydrogen (secondary N) is 2. The molecule has 0 spiro atoms. The Labute approximate surface area is 160 Å². The molecule has 0 unspecified atom stereocenters. The third-order valence-corrected chi connectivity index (χ3v) is 5.40. The summed E-state index contributed by atoms with van der Waals surface area (Å²) in [6.45, 7) is 0. The van der Waals surface area contributed by atoms with Crippen molar-refractivity contribution in [2.45, 2.75) is 24.4 Å². The number of hydrogen-bond acceptors (Lipinski definition) is 4. The second-order valence-corrected chi connectivity index (χ2v) is 7.52. The average Bonchev–Trinajstić information content (AvgIpc) is 3.07. The molecule has 4 rings (SSSR count). The van der Waals surface area contributed by atoms with E-state index in [0.29, 0.717) is 34.7 Å². The highest BCUT2D eigenvalue weighted by molar-refractivity contribution is 7.99. The zero-order valence-corrected chi connectivity index (χ0v) is 15.5. The van der Waals surface area contributed by atoms with Crippen molar-refractivity contribution in [1.29, 1.82) is 0 Å². The first-order valence-electron chi connectivity index (χ1n) is 8.89. The van der Waals surface area contributed by atoms with E-state index in [9.17, 15) is 9.59 Å². The molecule has 5 nitrogen and oxygen atoms in total. The molecule has 2 N–H and O–H groups in total. The Morgan fingerprint density at radius 2 is 1.96 bits per heavy atom. The Hall–Kier alpha value is -2.86. The molecule has 6 heteroatoms. The van der Waals surface area contributed by atoms with Gasteiger partial charge in [0.25, 0.3) is 5.56 Å². The molecular formula is C21H19N3O2S. The normalized spacial score (nSPS) is 12.7. The molecule has 0 saturated heterocycles. The van der Waals surface area contributed by atoms with E-state index >= 15 is 0 Å². The number of thioether (sulfide) groups is 1. The van der Waals surface area contributed by atoms with E-state index in [2.05, 4.69) is 27.4 Å². The molecule has 1 aromatic heterocycles. The summed E-state index contributed by atoms with van der Waals surface area (Å²) in [6.07, 6.45) is 3.97. The van der Waals surface area contributed by atoms with Crippen LogP contribution in [0.25, 0.3) is 17.0 Å². The number of amides is 1. The van der Waals surface area contributed by atoms with Gasteiger partial charge in [0.1, 0.15) is 0 Å². The molecule has 0 radical (unpaired) electrons. The molecular weight excluding hydrogens is 358 g/mol. The minimum Gasteiger partial charge on any atom is -0.329 e. The Balaban J connectivity index is 1.26. The van der Waals surface area contributed by atoms with E-state index in [0.717, 1.165) is 12.1 Å². The topological polar surface area (TPSA) is 74.8 Å². The van der Waals surface area contributed by atoms with Crippen LogP contribution in [-0.4, -0.2) is 21.6 Å². The highest BCUT2D eigenvalue weighted by Gasteiger charge is 2.13. The maximum atomic E-state index is 12.2. The number of para-hydroxylation sites is 1. The number of hydrogen-bond donors (Lipinski definition) is 2. The van der Waals surface area contributed by atoms with Crippen molar-refractivity contribution in [1.82, 2.24) is 15.3 Å². The molecule has 136 valence electrons. The molecule has 27 heavy (non-hydrogen) atoms. The molecule has 1 heterocycles. The smallest absolute Gasteiger partial charge is 0.259 e. The van der Waals surface area contributed by atoms with Crippen molar-refractivity contribution in [3.63, 3.8) is 0 Å². The van der Waals surface area contributed by atoms with Gasteiger partial charge in [-0.15, -0.1) is 0 Å². The zero-order valence-electron chi connectivity index (χ0n) is 14.7. The van der Waals surface area contributed by atoms with Crippen LogP contribution in [-0.2, 0) is 11.2 Å². The van der Waals surface area contributed by atoms with Crippen LogP contribution >= 0.6 is 11.8 Å². The van der Waals surface area contributed by atoms with Gasteiger partial charge < -0.3 is 10.3 Å². The number of carbonyl (C=O) groups excluding carboxylic acids is 1. The fourth-order valence-electron chi connectivity index (χ4n) is 3.14. The van der Waals surface area contributed by atoms with Gasteiger partial charge in [-0.3, -0.25) is 9.59 Å². The molecule has 0 fully saturated rings. The highest BCUT2D eigenvalue weighted by atomic mass is 32.2. The Bertz CT molecular complexity index is 1090. The van der Waals surface area contributed by atoms with Crippen LogP contribution in [0, 0.1) is 0 Å². The number of nitrogens with zero attached hydrogens (tertiary/aromatic N) is 1. The molecule has 1 amide bonds. The summed E-state index contributed by atoms with van der Waals surface area (Å²) in [5.41, 5.74) is 3.93. The van der Waals surface area contributed by atoms with Crippen LogP contribution < -0.4 is 10.9 Å². The lowest BCUT2D eigenvalue weighted by molar-refractivity contribution is -0.120. The van der Waals surface area contributed by atoms with E-state index in [4.69, 9.17) is 0 Å². The van der Waals surface area contributed by atoms with Gasteiger partial charge >= 0.3 is 0 Å². The number of rotatable bonds is 6. The van der Waals surface area contributed by atoms with Gasteiger partial charge in [-0.1, -0.05) is 48.2 Å². The summed E-state index contributed by atoms with van der Waals surface area (Å²) in [7, 11) is 0. The second kappa shape index (κ2) is 7.80. The molecule has 2 aromatic carbocycles. The second-order valence-electron chi connectivity index (χ2n) is 6.43. The molecule has 1 aliphatic rings. The number of H-pyrrole nitrogens is 1. The number of aromatic nitrogens is 2. The fraction of sp³-hybridized carbons (Fsp3) is 0.190. The summed E-state index contributed by atoms with van der Waals surface area (Å²) in [5.74, 6) is 0.739. The maximum absolute atomic E-state index is 12.2. The SMILES string of the molecule is O=C(CCCSc1nc2ccccc2c(=O)[nH]1)NC1=Cc2ccccc2C1.